The third kappa shape index (κ3) is 4.29. The summed E-state index contributed by atoms with van der Waals surface area (Å²) >= 11 is 0. The molecule has 2 aromatic rings. The fraction of sp³-hybridized carbons (Fsp3) is 0.409. The van der Waals surface area contributed by atoms with E-state index < -0.39 is 15.8 Å². The lowest BCUT2D eigenvalue weighted by atomic mass is 9.75. The number of piperidine rings is 1. The van der Waals surface area contributed by atoms with E-state index in [1.165, 1.54) is 68.1 Å². The van der Waals surface area contributed by atoms with E-state index in [1.54, 1.807) is 6.07 Å². The van der Waals surface area contributed by atoms with Crippen LogP contribution in [-0.4, -0.2) is 32.3 Å². The minimum atomic E-state index is -3.93. The van der Waals surface area contributed by atoms with Crippen molar-refractivity contribution in [3.05, 3.63) is 59.9 Å². The van der Waals surface area contributed by atoms with Gasteiger partial charge in [0.25, 0.3) is 15.9 Å². The number of nitrogens with one attached hydrogen (secondary N) is 1. The predicted octanol–water partition coefficient (Wildman–Crippen LogP) is 4.28. The highest BCUT2D eigenvalue weighted by atomic mass is 32.2. The monoisotopic (exact) mass is 416 g/mol. The number of fused-ring (bicyclic) bond motifs is 1. The molecule has 1 saturated heterocycles. The van der Waals surface area contributed by atoms with E-state index >= 15 is 0 Å². The fourth-order valence-electron chi connectivity index (χ4n) is 4.49. The van der Waals surface area contributed by atoms with Crippen LogP contribution in [0.15, 0.2) is 53.4 Å². The van der Waals surface area contributed by atoms with Crippen molar-refractivity contribution >= 4 is 21.6 Å². The number of sulfonamides is 1. The molecule has 1 heterocycles. The van der Waals surface area contributed by atoms with Gasteiger partial charge in [-0.1, -0.05) is 31.4 Å². The molecule has 0 bridgehead atoms. The smallest absolute Gasteiger partial charge is 0.261 e. The van der Waals surface area contributed by atoms with Crippen LogP contribution in [0.25, 0.3) is 0 Å². The lowest BCUT2D eigenvalue weighted by Gasteiger charge is -2.41. The molecule has 0 radical (unpaired) electrons. The Morgan fingerprint density at radius 1 is 0.966 bits per heavy atom. The van der Waals surface area contributed by atoms with Crippen molar-refractivity contribution in [3.8, 4) is 0 Å². The number of benzene rings is 2. The van der Waals surface area contributed by atoms with Gasteiger partial charge in [-0.2, -0.15) is 0 Å². The number of hydrogen-bond donors (Lipinski definition) is 1. The summed E-state index contributed by atoms with van der Waals surface area (Å²) in [6.45, 7) is 1.55. The Kier molecular flexibility index (Phi) is 5.58. The Labute approximate surface area is 171 Å². The first-order valence-electron chi connectivity index (χ1n) is 10.1. The average molecular weight is 417 g/mol. The summed E-state index contributed by atoms with van der Waals surface area (Å²) < 4.78 is 41.0. The predicted molar refractivity (Wildman–Crippen MR) is 110 cm³/mol. The number of carbonyl (C=O) groups is 1. The molecule has 5 nitrogen and oxygen atoms in total. The lowest BCUT2D eigenvalue weighted by molar-refractivity contribution is 0.0521. The van der Waals surface area contributed by atoms with E-state index in [0.29, 0.717) is 11.5 Å². The molecule has 2 aromatic carbocycles. The van der Waals surface area contributed by atoms with Crippen LogP contribution < -0.4 is 4.72 Å². The minimum Gasteiger partial charge on any atom is -0.338 e. The molecule has 2 atom stereocenters. The SMILES string of the molecule is O=C(c1ccc(S(=O)(=O)Nc2ccccc2F)cc1)N1CC[C@@H]2CCCC[C@H]2C1. The molecule has 0 aromatic heterocycles. The summed E-state index contributed by atoms with van der Waals surface area (Å²) in [4.78, 5) is 14.8. The van der Waals surface area contributed by atoms with Crippen LogP contribution in [0.4, 0.5) is 10.1 Å². The summed E-state index contributed by atoms with van der Waals surface area (Å²) in [7, 11) is -3.93. The number of anilines is 1. The number of likely N-dealkylation sites (tertiary alicyclic amines) is 1. The summed E-state index contributed by atoms with van der Waals surface area (Å²) in [5.74, 6) is 0.630. The molecule has 1 aliphatic heterocycles. The zero-order valence-corrected chi connectivity index (χ0v) is 17.0. The lowest BCUT2D eigenvalue weighted by Crippen LogP contribution is -2.44. The van der Waals surface area contributed by atoms with Crippen molar-refractivity contribution < 1.29 is 17.6 Å². The van der Waals surface area contributed by atoms with Crippen molar-refractivity contribution in [1.29, 1.82) is 0 Å². The number of nitrogens with zero attached hydrogens (tertiary/aromatic N) is 1. The normalized spacial score (nSPS) is 22.0. The number of para-hydroxylation sites is 1. The van der Waals surface area contributed by atoms with E-state index in [2.05, 4.69) is 4.72 Å². The molecule has 0 spiro atoms. The molecule has 154 valence electrons. The van der Waals surface area contributed by atoms with Gasteiger partial charge in [0.2, 0.25) is 0 Å². The van der Waals surface area contributed by atoms with Gasteiger partial charge < -0.3 is 4.90 Å². The van der Waals surface area contributed by atoms with Gasteiger partial charge >= 0.3 is 0 Å². The summed E-state index contributed by atoms with van der Waals surface area (Å²) in [6.07, 6.45) is 6.05. The highest BCUT2D eigenvalue weighted by Crippen LogP contribution is 2.36. The van der Waals surface area contributed by atoms with Gasteiger partial charge in [0.05, 0.1) is 10.6 Å². The van der Waals surface area contributed by atoms with E-state index in [0.717, 1.165) is 25.4 Å². The van der Waals surface area contributed by atoms with Crippen LogP contribution in [0.5, 0.6) is 0 Å². The summed E-state index contributed by atoms with van der Waals surface area (Å²) in [6, 6.07) is 11.4. The second-order valence-corrected chi connectivity index (χ2v) is 9.64. The molecule has 2 fully saturated rings. The molecule has 1 N–H and O–H groups in total. The third-order valence-electron chi connectivity index (χ3n) is 6.11. The van der Waals surface area contributed by atoms with Gasteiger partial charge in [0, 0.05) is 18.7 Å². The molecule has 4 rings (SSSR count). The molecule has 7 heteroatoms. The maximum Gasteiger partial charge on any atom is 0.261 e. The van der Waals surface area contributed by atoms with Gasteiger partial charge in [0.1, 0.15) is 5.82 Å². The Morgan fingerprint density at radius 2 is 1.66 bits per heavy atom. The Bertz CT molecular complexity index is 991. The maximum atomic E-state index is 13.8. The second-order valence-electron chi connectivity index (χ2n) is 7.95. The molecule has 1 saturated carbocycles. The van der Waals surface area contributed by atoms with Gasteiger partial charge in [-0.05, 0) is 61.1 Å². The second kappa shape index (κ2) is 8.14. The molecule has 2 aliphatic rings. The van der Waals surface area contributed by atoms with Gasteiger partial charge in [-0.15, -0.1) is 0 Å². The van der Waals surface area contributed by atoms with Crippen LogP contribution in [0.1, 0.15) is 42.5 Å². The fourth-order valence-corrected chi connectivity index (χ4v) is 5.56. The van der Waals surface area contributed by atoms with Gasteiger partial charge in [-0.25, -0.2) is 12.8 Å². The van der Waals surface area contributed by atoms with Crippen LogP contribution in [-0.2, 0) is 10.0 Å². The van der Waals surface area contributed by atoms with Gasteiger partial charge in [0.15, 0.2) is 0 Å². The number of hydrogen-bond acceptors (Lipinski definition) is 3. The molecule has 1 aliphatic carbocycles. The standard InChI is InChI=1S/C22H25FN2O3S/c23-20-7-3-4-8-21(20)24-29(27,28)19-11-9-17(10-12-19)22(26)25-14-13-16-5-1-2-6-18(16)15-25/h3-4,7-12,16,18,24H,1-2,5-6,13-15H2/t16-,18-/m0/s1. The number of halogens is 1. The average Bonchev–Trinajstić information content (AvgIpc) is 2.74. The van der Waals surface area contributed by atoms with E-state index in [9.17, 15) is 17.6 Å². The topological polar surface area (TPSA) is 66.5 Å². The van der Waals surface area contributed by atoms with E-state index in [4.69, 9.17) is 0 Å². The Morgan fingerprint density at radius 3 is 2.38 bits per heavy atom. The van der Waals surface area contributed by atoms with Crippen LogP contribution in [0, 0.1) is 17.7 Å². The zero-order chi connectivity index (χ0) is 20.4. The zero-order valence-electron chi connectivity index (χ0n) is 16.2. The number of rotatable bonds is 4. The molecular weight excluding hydrogens is 391 g/mol. The number of amides is 1. The van der Waals surface area contributed by atoms with Crippen molar-refractivity contribution in [2.75, 3.05) is 17.8 Å². The quantitative estimate of drug-likeness (QED) is 0.809. The van der Waals surface area contributed by atoms with Crippen molar-refractivity contribution in [2.24, 2.45) is 11.8 Å². The largest absolute Gasteiger partial charge is 0.338 e. The first-order valence-corrected chi connectivity index (χ1v) is 11.6. The van der Waals surface area contributed by atoms with E-state index in [1.807, 2.05) is 4.90 Å². The first-order chi connectivity index (χ1) is 13.9. The highest BCUT2D eigenvalue weighted by Gasteiger charge is 2.33. The van der Waals surface area contributed by atoms with Crippen molar-refractivity contribution in [2.45, 2.75) is 37.0 Å². The summed E-state index contributed by atoms with van der Waals surface area (Å²) in [5.41, 5.74) is 0.368. The first kappa shape index (κ1) is 19.9. The van der Waals surface area contributed by atoms with Crippen LogP contribution in [0.3, 0.4) is 0 Å². The molecule has 29 heavy (non-hydrogen) atoms. The molecular formula is C22H25FN2O3S. The maximum absolute atomic E-state index is 13.8. The Hall–Kier alpha value is -2.41. The van der Waals surface area contributed by atoms with Crippen LogP contribution in [0.2, 0.25) is 0 Å². The molecule has 0 unspecified atom stereocenters. The van der Waals surface area contributed by atoms with Crippen molar-refractivity contribution in [3.63, 3.8) is 0 Å². The summed E-state index contributed by atoms with van der Waals surface area (Å²) in [5, 5.41) is 0. The van der Waals surface area contributed by atoms with Gasteiger partial charge in [-0.3, -0.25) is 9.52 Å². The molecule has 1 amide bonds. The number of carbonyl (C=O) groups excluding carboxylic acids is 1. The third-order valence-corrected chi connectivity index (χ3v) is 7.49. The Balaban J connectivity index is 1.46. The highest BCUT2D eigenvalue weighted by molar-refractivity contribution is 7.92. The van der Waals surface area contributed by atoms with E-state index in [-0.39, 0.29) is 16.5 Å². The minimum absolute atomic E-state index is 0.0108. The van der Waals surface area contributed by atoms with Crippen LogP contribution >= 0.6 is 0 Å². The van der Waals surface area contributed by atoms with Crippen molar-refractivity contribution in [1.82, 2.24) is 4.90 Å².